The summed E-state index contributed by atoms with van der Waals surface area (Å²) in [6, 6.07) is 11.1. The van der Waals surface area contributed by atoms with Gasteiger partial charge < -0.3 is 4.90 Å². The number of anilines is 1. The molecule has 0 unspecified atom stereocenters. The summed E-state index contributed by atoms with van der Waals surface area (Å²) >= 11 is 12.4. The van der Waals surface area contributed by atoms with Crippen molar-refractivity contribution in [3.8, 4) is 0 Å². The summed E-state index contributed by atoms with van der Waals surface area (Å²) in [5, 5.41) is 0.560. The normalized spacial score (nSPS) is 15.1. The molecule has 0 bridgehead atoms. The van der Waals surface area contributed by atoms with Gasteiger partial charge in [-0.25, -0.2) is 8.42 Å². The number of hydrogen-bond acceptors (Lipinski definition) is 3. The van der Waals surface area contributed by atoms with E-state index in [0.29, 0.717) is 18.1 Å². The van der Waals surface area contributed by atoms with Gasteiger partial charge in [-0.15, -0.1) is 0 Å². The lowest BCUT2D eigenvalue weighted by atomic mass is 10.2. The minimum atomic E-state index is -4.01. The average Bonchev–Trinajstić information content (AvgIpc) is 2.98. The lowest BCUT2D eigenvalue weighted by Crippen LogP contribution is -2.43. The molecule has 1 amide bonds. The van der Waals surface area contributed by atoms with Gasteiger partial charge in [0.05, 0.1) is 15.6 Å². The van der Waals surface area contributed by atoms with Gasteiger partial charge in [-0.2, -0.15) is 0 Å². The van der Waals surface area contributed by atoms with Crippen LogP contribution in [0.1, 0.15) is 31.2 Å². The molecule has 0 saturated carbocycles. The number of carbonyl (C=O) groups excluding carboxylic acids is 1. The summed E-state index contributed by atoms with van der Waals surface area (Å²) in [4.78, 5) is 14.8. The number of benzene rings is 2. The van der Waals surface area contributed by atoms with E-state index < -0.39 is 10.0 Å². The average molecular weight is 455 g/mol. The molecule has 3 rings (SSSR count). The Hall–Kier alpha value is -1.76. The fourth-order valence-corrected chi connectivity index (χ4v) is 5.22. The van der Waals surface area contributed by atoms with Gasteiger partial charge in [0.15, 0.2) is 0 Å². The zero-order chi connectivity index (χ0) is 21.0. The van der Waals surface area contributed by atoms with Crippen molar-refractivity contribution in [3.05, 3.63) is 58.1 Å². The third-order valence-corrected chi connectivity index (χ3v) is 7.35. The van der Waals surface area contributed by atoms with E-state index in [1.807, 2.05) is 6.92 Å². The second-order valence-electron chi connectivity index (χ2n) is 7.22. The molecule has 1 aliphatic heterocycles. The highest BCUT2D eigenvalue weighted by Gasteiger charge is 2.30. The van der Waals surface area contributed by atoms with E-state index in [-0.39, 0.29) is 28.1 Å². The van der Waals surface area contributed by atoms with Gasteiger partial charge in [-0.3, -0.25) is 9.10 Å². The SMILES string of the molecule is Cc1ccc(S(=O)(=O)N(CC(=O)N2CCCCCC2)c2cc(Cl)ccc2Cl)cc1. The lowest BCUT2D eigenvalue weighted by molar-refractivity contribution is -0.129. The highest BCUT2D eigenvalue weighted by atomic mass is 35.5. The number of aryl methyl sites for hydroxylation is 1. The van der Waals surface area contributed by atoms with Crippen LogP contribution < -0.4 is 4.31 Å². The first kappa shape index (κ1) is 21.9. The second kappa shape index (κ2) is 9.37. The standard InChI is InChI=1S/C21H24Cl2N2O3S/c1-16-6-9-18(10-7-16)29(27,28)25(20-14-17(22)8-11-19(20)23)15-21(26)24-12-4-2-3-5-13-24/h6-11,14H,2-5,12-13,15H2,1H3. The van der Waals surface area contributed by atoms with Crippen LogP contribution in [0, 0.1) is 6.92 Å². The van der Waals surface area contributed by atoms with Crippen LogP contribution in [-0.2, 0) is 14.8 Å². The molecule has 5 nitrogen and oxygen atoms in total. The largest absolute Gasteiger partial charge is 0.341 e. The predicted molar refractivity (Wildman–Crippen MR) is 117 cm³/mol. The van der Waals surface area contributed by atoms with Gasteiger partial charge in [-0.05, 0) is 50.1 Å². The molecule has 2 aromatic rings. The van der Waals surface area contributed by atoms with E-state index in [0.717, 1.165) is 35.6 Å². The number of nitrogens with zero attached hydrogens (tertiary/aromatic N) is 2. The van der Waals surface area contributed by atoms with Crippen LogP contribution in [0.25, 0.3) is 0 Å². The Kier molecular flexibility index (Phi) is 7.09. The summed E-state index contributed by atoms with van der Waals surface area (Å²) in [6.45, 7) is 2.84. The molecule has 0 radical (unpaired) electrons. The molecule has 1 heterocycles. The number of carbonyl (C=O) groups is 1. The summed E-state index contributed by atoms with van der Waals surface area (Å²) < 4.78 is 28.0. The maximum atomic E-state index is 13.4. The quantitative estimate of drug-likeness (QED) is 0.645. The minimum absolute atomic E-state index is 0.0998. The predicted octanol–water partition coefficient (Wildman–Crippen LogP) is 4.90. The number of amides is 1. The van der Waals surface area contributed by atoms with Crippen LogP contribution in [0.5, 0.6) is 0 Å². The summed E-state index contributed by atoms with van der Waals surface area (Å²) in [7, 11) is -4.01. The smallest absolute Gasteiger partial charge is 0.264 e. The Balaban J connectivity index is 2.00. The second-order valence-corrected chi connectivity index (χ2v) is 9.92. The molecule has 1 saturated heterocycles. The molecule has 1 fully saturated rings. The molecule has 2 aromatic carbocycles. The van der Waals surface area contributed by atoms with Crippen molar-refractivity contribution in [3.63, 3.8) is 0 Å². The molecule has 8 heteroatoms. The highest BCUT2D eigenvalue weighted by molar-refractivity contribution is 7.92. The molecule has 0 aromatic heterocycles. The Morgan fingerprint density at radius 1 is 1.00 bits per heavy atom. The van der Waals surface area contributed by atoms with E-state index in [2.05, 4.69) is 0 Å². The zero-order valence-corrected chi connectivity index (χ0v) is 18.6. The van der Waals surface area contributed by atoms with E-state index in [1.165, 1.54) is 24.3 Å². The first-order valence-corrected chi connectivity index (χ1v) is 11.8. The Morgan fingerprint density at radius 2 is 1.62 bits per heavy atom. The number of halogens is 2. The topological polar surface area (TPSA) is 57.7 Å². The van der Waals surface area contributed by atoms with E-state index in [9.17, 15) is 13.2 Å². The van der Waals surface area contributed by atoms with Crippen LogP contribution in [-0.4, -0.2) is 38.9 Å². The van der Waals surface area contributed by atoms with E-state index in [4.69, 9.17) is 23.2 Å². The Labute approximate surface area is 182 Å². The van der Waals surface area contributed by atoms with Gasteiger partial charge in [0.1, 0.15) is 6.54 Å². The monoisotopic (exact) mass is 454 g/mol. The van der Waals surface area contributed by atoms with Crippen molar-refractivity contribution in [2.45, 2.75) is 37.5 Å². The molecule has 156 valence electrons. The van der Waals surface area contributed by atoms with Gasteiger partial charge in [0.25, 0.3) is 10.0 Å². The molecular weight excluding hydrogens is 431 g/mol. The van der Waals surface area contributed by atoms with Crippen LogP contribution in [0.4, 0.5) is 5.69 Å². The number of hydrogen-bond donors (Lipinski definition) is 0. The Bertz CT molecular complexity index is 970. The first-order chi connectivity index (χ1) is 13.8. The molecule has 0 N–H and O–H groups in total. The van der Waals surface area contributed by atoms with Crippen molar-refractivity contribution in [2.24, 2.45) is 0 Å². The number of likely N-dealkylation sites (tertiary alicyclic amines) is 1. The number of sulfonamides is 1. The third-order valence-electron chi connectivity index (χ3n) is 5.02. The van der Waals surface area contributed by atoms with Crippen molar-refractivity contribution in [2.75, 3.05) is 23.9 Å². The third kappa shape index (κ3) is 5.24. The fourth-order valence-electron chi connectivity index (χ4n) is 3.36. The van der Waals surface area contributed by atoms with Gasteiger partial charge in [0, 0.05) is 18.1 Å². The molecule has 29 heavy (non-hydrogen) atoms. The van der Waals surface area contributed by atoms with Gasteiger partial charge in [0.2, 0.25) is 5.91 Å². The minimum Gasteiger partial charge on any atom is -0.341 e. The van der Waals surface area contributed by atoms with Crippen molar-refractivity contribution in [1.82, 2.24) is 4.90 Å². The summed E-state index contributed by atoms with van der Waals surface area (Å²) in [5.41, 5.74) is 1.14. The van der Waals surface area contributed by atoms with Crippen LogP contribution in [0.2, 0.25) is 10.0 Å². The van der Waals surface area contributed by atoms with Crippen molar-refractivity contribution in [1.29, 1.82) is 0 Å². The molecule has 0 aliphatic carbocycles. The van der Waals surface area contributed by atoms with Crippen molar-refractivity contribution >= 4 is 44.8 Å². The molecular formula is C21H24Cl2N2O3S. The van der Waals surface area contributed by atoms with E-state index >= 15 is 0 Å². The molecule has 0 atom stereocenters. The Morgan fingerprint density at radius 3 is 2.24 bits per heavy atom. The summed E-state index contributed by atoms with van der Waals surface area (Å²) in [5.74, 6) is -0.237. The van der Waals surface area contributed by atoms with Crippen LogP contribution in [0.15, 0.2) is 47.4 Å². The zero-order valence-electron chi connectivity index (χ0n) is 16.3. The van der Waals surface area contributed by atoms with Crippen LogP contribution in [0.3, 0.4) is 0 Å². The maximum absolute atomic E-state index is 13.4. The molecule has 0 spiro atoms. The van der Waals surface area contributed by atoms with E-state index in [1.54, 1.807) is 23.1 Å². The van der Waals surface area contributed by atoms with Crippen molar-refractivity contribution < 1.29 is 13.2 Å². The highest BCUT2D eigenvalue weighted by Crippen LogP contribution is 2.33. The van der Waals surface area contributed by atoms with Crippen LogP contribution >= 0.6 is 23.2 Å². The maximum Gasteiger partial charge on any atom is 0.264 e. The fraction of sp³-hybridized carbons (Fsp3) is 0.381. The first-order valence-electron chi connectivity index (χ1n) is 9.61. The molecule has 1 aliphatic rings. The lowest BCUT2D eigenvalue weighted by Gasteiger charge is -2.28. The van der Waals surface area contributed by atoms with Gasteiger partial charge in [-0.1, -0.05) is 53.7 Å². The summed E-state index contributed by atoms with van der Waals surface area (Å²) in [6.07, 6.45) is 4.01. The van der Waals surface area contributed by atoms with Gasteiger partial charge >= 0.3 is 0 Å². The number of rotatable bonds is 5.